The third kappa shape index (κ3) is 3.36. The summed E-state index contributed by atoms with van der Waals surface area (Å²) >= 11 is 3.28. The van der Waals surface area contributed by atoms with Gasteiger partial charge in [-0.15, -0.1) is 0 Å². The van der Waals surface area contributed by atoms with Gasteiger partial charge in [-0.3, -0.25) is 9.71 Å². The van der Waals surface area contributed by atoms with Crippen molar-refractivity contribution < 1.29 is 8.42 Å². The molecule has 0 saturated carbocycles. The Morgan fingerprint density at radius 2 is 1.86 bits per heavy atom. The van der Waals surface area contributed by atoms with Gasteiger partial charge < -0.3 is 5.73 Å². The van der Waals surface area contributed by atoms with Crippen LogP contribution in [-0.4, -0.2) is 13.4 Å². The molecule has 5 nitrogen and oxygen atoms in total. The maximum absolute atomic E-state index is 12.5. The van der Waals surface area contributed by atoms with E-state index in [0.29, 0.717) is 27.1 Å². The number of anilines is 2. The Labute approximate surface area is 132 Å². The molecule has 0 fully saturated rings. The maximum atomic E-state index is 12.5. The van der Waals surface area contributed by atoms with E-state index >= 15 is 0 Å². The van der Waals surface area contributed by atoms with Gasteiger partial charge in [0.05, 0.1) is 16.3 Å². The summed E-state index contributed by atoms with van der Waals surface area (Å²) < 4.78 is 28.3. The molecule has 0 aliphatic heterocycles. The second-order valence-corrected chi connectivity index (χ2v) is 7.34. The second-order valence-electron chi connectivity index (χ2n) is 4.83. The number of aromatic nitrogens is 1. The number of nitrogens with zero attached hydrogens (tertiary/aromatic N) is 1. The highest BCUT2D eigenvalue weighted by Gasteiger charge is 2.19. The predicted molar refractivity (Wildman–Crippen MR) is 87.8 cm³/mol. The Bertz CT molecular complexity index is 804. The molecule has 0 bridgehead atoms. The van der Waals surface area contributed by atoms with Crippen LogP contribution in [0.25, 0.3) is 0 Å². The first kappa shape index (κ1) is 15.8. The highest BCUT2D eigenvalue weighted by atomic mass is 79.9. The van der Waals surface area contributed by atoms with E-state index in [1.54, 1.807) is 32.0 Å². The van der Waals surface area contributed by atoms with Crippen LogP contribution in [-0.2, 0) is 10.0 Å². The topological polar surface area (TPSA) is 85.1 Å². The molecule has 3 N–H and O–H groups in total. The van der Waals surface area contributed by atoms with E-state index in [1.165, 1.54) is 6.07 Å². The van der Waals surface area contributed by atoms with Crippen LogP contribution in [0.5, 0.6) is 0 Å². The fourth-order valence-electron chi connectivity index (χ4n) is 1.95. The van der Waals surface area contributed by atoms with Gasteiger partial charge in [-0.05, 0) is 66.5 Å². The summed E-state index contributed by atoms with van der Waals surface area (Å²) in [5, 5.41) is 0. The van der Waals surface area contributed by atoms with E-state index < -0.39 is 10.0 Å². The fraction of sp³-hybridized carbons (Fsp3) is 0.214. The molecule has 0 atom stereocenters. The quantitative estimate of drug-likeness (QED) is 0.813. The van der Waals surface area contributed by atoms with Crippen LogP contribution in [0.15, 0.2) is 33.6 Å². The van der Waals surface area contributed by atoms with E-state index in [9.17, 15) is 8.42 Å². The zero-order valence-corrected chi connectivity index (χ0v) is 14.3. The van der Waals surface area contributed by atoms with Crippen LogP contribution in [0.3, 0.4) is 0 Å². The number of halogens is 1. The van der Waals surface area contributed by atoms with E-state index in [-0.39, 0.29) is 4.90 Å². The first-order valence-corrected chi connectivity index (χ1v) is 8.51. The van der Waals surface area contributed by atoms with Crippen LogP contribution in [0.1, 0.15) is 17.0 Å². The minimum Gasteiger partial charge on any atom is -0.398 e. The number of nitrogen functional groups attached to an aromatic ring is 1. The van der Waals surface area contributed by atoms with Crippen molar-refractivity contribution in [1.29, 1.82) is 0 Å². The number of hydrogen-bond acceptors (Lipinski definition) is 4. The van der Waals surface area contributed by atoms with Gasteiger partial charge in [0.1, 0.15) is 0 Å². The van der Waals surface area contributed by atoms with Gasteiger partial charge in [0, 0.05) is 15.9 Å². The molecule has 0 aliphatic rings. The summed E-state index contributed by atoms with van der Waals surface area (Å²) in [5.74, 6) is 0. The van der Waals surface area contributed by atoms with Crippen LogP contribution < -0.4 is 10.5 Å². The third-order valence-corrected chi connectivity index (χ3v) is 5.25. The number of hydrogen-bond donors (Lipinski definition) is 2. The number of rotatable bonds is 3. The van der Waals surface area contributed by atoms with Crippen molar-refractivity contribution in [2.45, 2.75) is 25.7 Å². The molecule has 1 heterocycles. The Kier molecular flexibility index (Phi) is 4.25. The van der Waals surface area contributed by atoms with Gasteiger partial charge in [0.2, 0.25) is 0 Å². The minimum absolute atomic E-state index is 0.156. The molecule has 2 rings (SSSR count). The molecule has 0 amide bonds. The average molecular weight is 370 g/mol. The van der Waals surface area contributed by atoms with Crippen molar-refractivity contribution in [1.82, 2.24) is 4.98 Å². The SMILES string of the molecule is Cc1ccc(NS(=O)(=O)c2cc(N)c(Br)cc2C)c(C)n1. The van der Waals surface area contributed by atoms with Crippen LogP contribution in [0.4, 0.5) is 11.4 Å². The monoisotopic (exact) mass is 369 g/mol. The van der Waals surface area contributed by atoms with Gasteiger partial charge in [-0.2, -0.15) is 0 Å². The van der Waals surface area contributed by atoms with Crippen molar-refractivity contribution in [3.8, 4) is 0 Å². The van der Waals surface area contributed by atoms with Crippen molar-refractivity contribution in [3.63, 3.8) is 0 Å². The molecule has 112 valence electrons. The average Bonchev–Trinajstić information content (AvgIpc) is 2.37. The van der Waals surface area contributed by atoms with Crippen LogP contribution >= 0.6 is 15.9 Å². The molecule has 0 aliphatic carbocycles. The minimum atomic E-state index is -3.71. The largest absolute Gasteiger partial charge is 0.398 e. The lowest BCUT2D eigenvalue weighted by Crippen LogP contribution is -2.16. The first-order valence-electron chi connectivity index (χ1n) is 6.23. The molecule has 0 unspecified atom stereocenters. The van der Waals surface area contributed by atoms with Gasteiger partial charge in [-0.25, -0.2) is 8.42 Å². The van der Waals surface area contributed by atoms with E-state index in [2.05, 4.69) is 25.6 Å². The molecule has 0 saturated heterocycles. The predicted octanol–water partition coefficient (Wildman–Crippen LogP) is 3.15. The summed E-state index contributed by atoms with van der Waals surface area (Å²) in [6.45, 7) is 5.33. The molecule has 7 heteroatoms. The molecular weight excluding hydrogens is 354 g/mol. The zero-order valence-electron chi connectivity index (χ0n) is 11.9. The Morgan fingerprint density at radius 1 is 1.19 bits per heavy atom. The molecule has 0 radical (unpaired) electrons. The van der Waals surface area contributed by atoms with E-state index in [1.807, 2.05) is 6.92 Å². The van der Waals surface area contributed by atoms with Crippen molar-refractivity contribution >= 4 is 37.3 Å². The Morgan fingerprint density at radius 3 is 2.48 bits per heavy atom. The van der Waals surface area contributed by atoms with E-state index in [4.69, 9.17) is 5.73 Å². The molecule has 2 aromatic rings. The van der Waals surface area contributed by atoms with E-state index in [0.717, 1.165) is 5.69 Å². The lowest BCUT2D eigenvalue weighted by Gasteiger charge is -2.13. The standard InChI is InChI=1S/C14H16BrN3O2S/c1-8-6-11(15)12(16)7-14(8)21(19,20)18-13-5-4-9(2)17-10(13)3/h4-7,18H,16H2,1-3H3. The Balaban J connectivity index is 2.46. The van der Waals surface area contributed by atoms with Crippen molar-refractivity contribution in [2.75, 3.05) is 10.5 Å². The maximum Gasteiger partial charge on any atom is 0.262 e. The first-order chi connectivity index (χ1) is 9.70. The van der Waals surface area contributed by atoms with Crippen LogP contribution in [0.2, 0.25) is 0 Å². The molecule has 21 heavy (non-hydrogen) atoms. The van der Waals surface area contributed by atoms with Gasteiger partial charge in [0.15, 0.2) is 0 Å². The summed E-state index contributed by atoms with van der Waals surface area (Å²) in [6.07, 6.45) is 0. The van der Waals surface area contributed by atoms with Crippen LogP contribution in [0, 0.1) is 20.8 Å². The molecular formula is C14H16BrN3O2S. The lowest BCUT2D eigenvalue weighted by molar-refractivity contribution is 0.600. The third-order valence-electron chi connectivity index (χ3n) is 3.05. The summed E-state index contributed by atoms with van der Waals surface area (Å²) in [6, 6.07) is 6.59. The van der Waals surface area contributed by atoms with Gasteiger partial charge in [0.25, 0.3) is 10.0 Å². The lowest BCUT2D eigenvalue weighted by atomic mass is 10.2. The fourth-order valence-corrected chi connectivity index (χ4v) is 3.79. The van der Waals surface area contributed by atoms with Gasteiger partial charge in [-0.1, -0.05) is 0 Å². The molecule has 1 aromatic carbocycles. The number of sulfonamides is 1. The number of nitrogens with one attached hydrogen (secondary N) is 1. The number of benzene rings is 1. The molecule has 0 spiro atoms. The van der Waals surface area contributed by atoms with Crippen molar-refractivity contribution in [2.24, 2.45) is 0 Å². The van der Waals surface area contributed by atoms with Gasteiger partial charge >= 0.3 is 0 Å². The highest BCUT2D eigenvalue weighted by Crippen LogP contribution is 2.28. The smallest absolute Gasteiger partial charge is 0.262 e. The number of aryl methyl sites for hydroxylation is 3. The van der Waals surface area contributed by atoms with Crippen molar-refractivity contribution in [3.05, 3.63) is 45.7 Å². The summed E-state index contributed by atoms with van der Waals surface area (Å²) in [4.78, 5) is 4.40. The second kappa shape index (κ2) is 5.65. The highest BCUT2D eigenvalue weighted by molar-refractivity contribution is 9.10. The summed E-state index contributed by atoms with van der Waals surface area (Å²) in [7, 11) is -3.71. The normalized spacial score (nSPS) is 11.4. The molecule has 1 aromatic heterocycles. The number of pyridine rings is 1. The zero-order chi connectivity index (χ0) is 15.8. The summed E-state index contributed by atoms with van der Waals surface area (Å²) in [5.41, 5.74) is 8.68. The Hall–Kier alpha value is -1.60. The number of nitrogens with two attached hydrogens (primary N) is 1.